The number of hydrogen-bond donors (Lipinski definition) is 1. The zero-order valence-corrected chi connectivity index (χ0v) is 13.6. The molecule has 4 nitrogen and oxygen atoms in total. The summed E-state index contributed by atoms with van der Waals surface area (Å²) in [6, 6.07) is 6.48. The molecule has 1 aromatic heterocycles. The highest BCUT2D eigenvalue weighted by Gasteiger charge is 2.26. The molecule has 0 bridgehead atoms. The molecule has 2 unspecified atom stereocenters. The third kappa shape index (κ3) is 3.91. The van der Waals surface area contributed by atoms with Gasteiger partial charge in [-0.15, -0.1) is 0 Å². The first-order valence-electron chi connectivity index (χ1n) is 7.52. The molecule has 0 aliphatic rings. The zero-order chi connectivity index (χ0) is 15.6. The van der Waals surface area contributed by atoms with Crippen LogP contribution < -0.4 is 5.73 Å². The van der Waals surface area contributed by atoms with Crippen LogP contribution in [0.5, 0.6) is 0 Å². The molecule has 1 heterocycles. The van der Waals surface area contributed by atoms with Gasteiger partial charge in [-0.25, -0.2) is 0 Å². The maximum atomic E-state index is 6.04. The summed E-state index contributed by atoms with van der Waals surface area (Å²) in [5.74, 6) is 1.85. The molecule has 0 aliphatic carbocycles. The van der Waals surface area contributed by atoms with Crippen molar-refractivity contribution in [3.8, 4) is 0 Å². The van der Waals surface area contributed by atoms with Crippen LogP contribution >= 0.6 is 0 Å². The molecule has 1 aromatic carbocycles. The predicted octanol–water partition coefficient (Wildman–Crippen LogP) is 3.36. The summed E-state index contributed by atoms with van der Waals surface area (Å²) in [6.45, 7) is 10.4. The highest BCUT2D eigenvalue weighted by molar-refractivity contribution is 5.30. The van der Waals surface area contributed by atoms with E-state index in [1.165, 1.54) is 16.7 Å². The van der Waals surface area contributed by atoms with Crippen molar-refractivity contribution in [2.24, 2.45) is 11.7 Å². The topological polar surface area (TPSA) is 64.9 Å². The number of nitrogens with two attached hydrogens (primary N) is 1. The molecule has 0 fully saturated rings. The largest absolute Gasteiger partial charge is 0.339 e. The van der Waals surface area contributed by atoms with Crippen LogP contribution in [0.4, 0.5) is 0 Å². The molecule has 114 valence electrons. The van der Waals surface area contributed by atoms with Gasteiger partial charge in [-0.1, -0.05) is 48.3 Å². The van der Waals surface area contributed by atoms with Crippen molar-refractivity contribution in [1.82, 2.24) is 10.1 Å². The molecule has 0 radical (unpaired) electrons. The number of aryl methyl sites for hydroxylation is 2. The molecule has 2 atom stereocenters. The minimum Gasteiger partial charge on any atom is -0.339 e. The molecule has 4 heteroatoms. The van der Waals surface area contributed by atoms with Gasteiger partial charge in [0.2, 0.25) is 5.89 Å². The van der Waals surface area contributed by atoms with Crippen molar-refractivity contribution < 1.29 is 4.52 Å². The van der Waals surface area contributed by atoms with Gasteiger partial charge in [0.1, 0.15) is 0 Å². The van der Waals surface area contributed by atoms with E-state index in [1.54, 1.807) is 0 Å². The lowest BCUT2D eigenvalue weighted by Gasteiger charge is -2.20. The molecule has 0 amide bonds. The van der Waals surface area contributed by atoms with Crippen molar-refractivity contribution in [2.45, 2.75) is 53.0 Å². The van der Waals surface area contributed by atoms with Crippen LogP contribution in [0.25, 0.3) is 0 Å². The maximum Gasteiger partial charge on any atom is 0.231 e. The number of aromatic nitrogens is 2. The van der Waals surface area contributed by atoms with Crippen LogP contribution in [-0.4, -0.2) is 16.2 Å². The lowest BCUT2D eigenvalue weighted by molar-refractivity contribution is 0.298. The Morgan fingerprint density at radius 3 is 2.24 bits per heavy atom. The highest BCUT2D eigenvalue weighted by Crippen LogP contribution is 2.26. The molecule has 0 aliphatic heterocycles. The normalized spacial score (nSPS) is 14.4. The fourth-order valence-corrected chi connectivity index (χ4v) is 2.95. The molecule has 21 heavy (non-hydrogen) atoms. The predicted molar refractivity (Wildman–Crippen MR) is 84.2 cm³/mol. The third-order valence-corrected chi connectivity index (χ3v) is 3.70. The summed E-state index contributed by atoms with van der Waals surface area (Å²) < 4.78 is 5.44. The second kappa shape index (κ2) is 6.39. The van der Waals surface area contributed by atoms with E-state index in [0.29, 0.717) is 18.2 Å². The van der Waals surface area contributed by atoms with E-state index >= 15 is 0 Å². The van der Waals surface area contributed by atoms with Crippen LogP contribution in [0.15, 0.2) is 22.7 Å². The van der Waals surface area contributed by atoms with E-state index < -0.39 is 0 Å². The van der Waals surface area contributed by atoms with Crippen molar-refractivity contribution in [1.29, 1.82) is 0 Å². The van der Waals surface area contributed by atoms with Gasteiger partial charge in [0, 0.05) is 12.5 Å². The monoisotopic (exact) mass is 287 g/mol. The smallest absolute Gasteiger partial charge is 0.231 e. The number of nitrogens with zero attached hydrogens (tertiary/aromatic N) is 2. The zero-order valence-electron chi connectivity index (χ0n) is 13.6. The van der Waals surface area contributed by atoms with E-state index in [0.717, 1.165) is 5.82 Å². The SMILES string of the molecule is Cc1cc(C)cc(Cc2noc(C(C(C)C)C(C)N)n2)c1. The fourth-order valence-electron chi connectivity index (χ4n) is 2.95. The van der Waals surface area contributed by atoms with E-state index in [2.05, 4.69) is 56.0 Å². The first-order chi connectivity index (χ1) is 9.86. The number of rotatable bonds is 5. The Kier molecular flexibility index (Phi) is 4.78. The van der Waals surface area contributed by atoms with Gasteiger partial charge in [-0.05, 0) is 32.3 Å². The third-order valence-electron chi connectivity index (χ3n) is 3.70. The summed E-state index contributed by atoms with van der Waals surface area (Å²) in [7, 11) is 0. The molecule has 0 saturated carbocycles. The molecule has 0 spiro atoms. The van der Waals surface area contributed by atoms with Crippen LogP contribution in [0.2, 0.25) is 0 Å². The number of benzene rings is 1. The first-order valence-corrected chi connectivity index (χ1v) is 7.52. The molecule has 2 aromatic rings. The van der Waals surface area contributed by atoms with Crippen molar-refractivity contribution in [3.63, 3.8) is 0 Å². The highest BCUT2D eigenvalue weighted by atomic mass is 16.5. The minimum atomic E-state index is -0.000450. The molecule has 2 N–H and O–H groups in total. The minimum absolute atomic E-state index is 0.000450. The van der Waals surface area contributed by atoms with Gasteiger partial charge in [-0.3, -0.25) is 0 Å². The second-order valence-corrected chi connectivity index (χ2v) is 6.35. The Morgan fingerprint density at radius 2 is 1.71 bits per heavy atom. The van der Waals surface area contributed by atoms with Gasteiger partial charge in [-0.2, -0.15) is 4.98 Å². The summed E-state index contributed by atoms with van der Waals surface area (Å²) in [4.78, 5) is 4.55. The molecule has 2 rings (SSSR count). The van der Waals surface area contributed by atoms with E-state index in [1.807, 2.05) is 6.92 Å². The van der Waals surface area contributed by atoms with E-state index in [-0.39, 0.29) is 12.0 Å². The Labute approximate surface area is 126 Å². The van der Waals surface area contributed by atoms with E-state index in [4.69, 9.17) is 10.3 Å². The fraction of sp³-hybridized carbons (Fsp3) is 0.529. The maximum absolute atomic E-state index is 6.04. The lowest BCUT2D eigenvalue weighted by atomic mass is 9.90. The summed E-state index contributed by atoms with van der Waals surface area (Å²) >= 11 is 0. The van der Waals surface area contributed by atoms with E-state index in [9.17, 15) is 0 Å². The van der Waals surface area contributed by atoms with Gasteiger partial charge >= 0.3 is 0 Å². The van der Waals surface area contributed by atoms with Crippen LogP contribution in [0, 0.1) is 19.8 Å². The van der Waals surface area contributed by atoms with Gasteiger partial charge in [0.25, 0.3) is 0 Å². The van der Waals surface area contributed by atoms with Gasteiger partial charge in [0.05, 0.1) is 5.92 Å². The van der Waals surface area contributed by atoms with Gasteiger partial charge < -0.3 is 10.3 Å². The molecule has 0 saturated heterocycles. The van der Waals surface area contributed by atoms with Crippen LogP contribution in [0.3, 0.4) is 0 Å². The second-order valence-electron chi connectivity index (χ2n) is 6.35. The van der Waals surface area contributed by atoms with Crippen LogP contribution in [0.1, 0.15) is 55.1 Å². The van der Waals surface area contributed by atoms with Crippen molar-refractivity contribution in [3.05, 3.63) is 46.6 Å². The lowest BCUT2D eigenvalue weighted by Crippen LogP contribution is -2.28. The first kappa shape index (κ1) is 15.7. The average Bonchev–Trinajstić information content (AvgIpc) is 2.74. The van der Waals surface area contributed by atoms with Gasteiger partial charge in [0.15, 0.2) is 5.82 Å². The Balaban J connectivity index is 2.19. The summed E-state index contributed by atoms with van der Waals surface area (Å²) in [6.07, 6.45) is 0.690. The molecular formula is C17H25N3O. The standard InChI is InChI=1S/C17H25N3O/c1-10(2)16(13(5)18)17-19-15(20-21-17)9-14-7-11(3)6-12(4)8-14/h6-8,10,13,16H,9,18H2,1-5H3. The molecular weight excluding hydrogens is 262 g/mol. The Hall–Kier alpha value is -1.68. The average molecular weight is 287 g/mol. The van der Waals surface area contributed by atoms with Crippen molar-refractivity contribution in [2.75, 3.05) is 0 Å². The summed E-state index contributed by atoms with van der Waals surface area (Å²) in [5.41, 5.74) is 9.76. The quantitative estimate of drug-likeness (QED) is 0.915. The van der Waals surface area contributed by atoms with Crippen molar-refractivity contribution >= 4 is 0 Å². The Morgan fingerprint density at radius 1 is 1.10 bits per heavy atom. The summed E-state index contributed by atoms with van der Waals surface area (Å²) in [5, 5.41) is 4.11. The Bertz CT molecular complexity index is 574. The number of hydrogen-bond acceptors (Lipinski definition) is 4. The van der Waals surface area contributed by atoms with Crippen LogP contribution in [-0.2, 0) is 6.42 Å².